The number of carbonyl (C=O) groups is 2. The summed E-state index contributed by atoms with van der Waals surface area (Å²) in [7, 11) is 0. The predicted molar refractivity (Wildman–Crippen MR) is 130 cm³/mol. The topological polar surface area (TPSA) is 52.6 Å². The standard InChI is InChI=1S/C25H39FO4.C3H6/c1-2-25(28)29-15-3-4-18-5-7-19(8-6-18)21-11-14-23(24(26)16-21)20-9-12-22(13-10-20)30-17-27;1-3-2/h2,17-24H,1,3-16H2;3H,1H2,2H3. The lowest BCUT2D eigenvalue weighted by molar-refractivity contribution is -0.138. The molecule has 3 aliphatic rings. The number of hydrogen-bond acceptors (Lipinski definition) is 4. The lowest BCUT2D eigenvalue weighted by Crippen LogP contribution is -2.37. The van der Waals surface area contributed by atoms with Gasteiger partial charge in [0.05, 0.1) is 6.61 Å². The third-order valence-electron chi connectivity index (χ3n) is 8.16. The third-order valence-corrected chi connectivity index (χ3v) is 8.16. The maximum absolute atomic E-state index is 15.1. The first-order valence-electron chi connectivity index (χ1n) is 13.1. The van der Waals surface area contributed by atoms with Crippen LogP contribution in [0.25, 0.3) is 0 Å². The van der Waals surface area contributed by atoms with Crippen LogP contribution in [0.1, 0.15) is 90.4 Å². The summed E-state index contributed by atoms with van der Waals surface area (Å²) in [6.07, 6.45) is 16.1. The largest absolute Gasteiger partial charge is 0.465 e. The zero-order valence-corrected chi connectivity index (χ0v) is 20.6. The van der Waals surface area contributed by atoms with E-state index >= 15 is 4.39 Å². The highest BCUT2D eigenvalue weighted by molar-refractivity contribution is 5.81. The van der Waals surface area contributed by atoms with Gasteiger partial charge in [-0.25, -0.2) is 9.18 Å². The quantitative estimate of drug-likeness (QED) is 0.121. The van der Waals surface area contributed by atoms with E-state index in [2.05, 4.69) is 13.2 Å². The molecule has 33 heavy (non-hydrogen) atoms. The molecule has 3 aliphatic carbocycles. The second-order valence-electron chi connectivity index (χ2n) is 10.2. The maximum Gasteiger partial charge on any atom is 0.330 e. The van der Waals surface area contributed by atoms with Crippen molar-refractivity contribution in [2.24, 2.45) is 29.6 Å². The molecule has 3 rings (SSSR count). The van der Waals surface area contributed by atoms with Gasteiger partial charge in [-0.05, 0) is 107 Å². The van der Waals surface area contributed by atoms with Crippen LogP contribution in [0, 0.1) is 29.6 Å². The number of ether oxygens (including phenoxy) is 2. The third kappa shape index (κ3) is 9.25. The molecule has 0 aromatic heterocycles. The van der Waals surface area contributed by atoms with Crippen LogP contribution >= 0.6 is 0 Å². The fraction of sp³-hybridized carbons (Fsp3) is 0.786. The van der Waals surface area contributed by atoms with E-state index < -0.39 is 6.17 Å². The second-order valence-corrected chi connectivity index (χ2v) is 10.2. The minimum atomic E-state index is -0.658. The minimum Gasteiger partial charge on any atom is -0.465 e. The Bertz CT molecular complexity index is 591. The number of halogens is 1. The Morgan fingerprint density at radius 3 is 2.12 bits per heavy atom. The van der Waals surface area contributed by atoms with Crippen LogP contribution in [-0.2, 0) is 19.1 Å². The van der Waals surface area contributed by atoms with E-state index in [9.17, 15) is 9.59 Å². The van der Waals surface area contributed by atoms with Gasteiger partial charge in [-0.15, -0.1) is 6.58 Å². The second kappa shape index (κ2) is 15.3. The number of alkyl halides is 1. The molecule has 0 saturated heterocycles. The van der Waals surface area contributed by atoms with Gasteiger partial charge in [-0.3, -0.25) is 4.79 Å². The fourth-order valence-electron chi connectivity index (χ4n) is 6.41. The summed E-state index contributed by atoms with van der Waals surface area (Å²) < 4.78 is 25.3. The monoisotopic (exact) mass is 464 g/mol. The van der Waals surface area contributed by atoms with Crippen LogP contribution < -0.4 is 0 Å². The summed E-state index contributed by atoms with van der Waals surface area (Å²) in [5.41, 5.74) is 0. The van der Waals surface area contributed by atoms with Gasteiger partial charge in [-0.1, -0.05) is 25.5 Å². The van der Waals surface area contributed by atoms with Gasteiger partial charge in [0.25, 0.3) is 6.47 Å². The van der Waals surface area contributed by atoms with Crippen molar-refractivity contribution in [3.05, 3.63) is 25.3 Å². The van der Waals surface area contributed by atoms with E-state index in [1.165, 1.54) is 38.2 Å². The predicted octanol–water partition coefficient (Wildman–Crippen LogP) is 6.98. The van der Waals surface area contributed by atoms with Gasteiger partial charge in [0.1, 0.15) is 12.3 Å². The SMILES string of the molecule is C=CC.C=CC(=O)OCCCC1CCC(C2CCC(C3CCC(OC=O)CC3)C(F)C2)CC1. The van der Waals surface area contributed by atoms with E-state index in [0.717, 1.165) is 57.3 Å². The maximum atomic E-state index is 15.1. The summed E-state index contributed by atoms with van der Waals surface area (Å²) >= 11 is 0. The Morgan fingerprint density at radius 2 is 1.55 bits per heavy atom. The Morgan fingerprint density at radius 1 is 0.939 bits per heavy atom. The van der Waals surface area contributed by atoms with Crippen LogP contribution in [-0.4, -0.2) is 31.3 Å². The van der Waals surface area contributed by atoms with Gasteiger partial charge in [0, 0.05) is 6.08 Å². The van der Waals surface area contributed by atoms with Crippen molar-refractivity contribution in [2.45, 2.75) is 103 Å². The summed E-state index contributed by atoms with van der Waals surface area (Å²) in [4.78, 5) is 21.6. The molecule has 0 amide bonds. The molecule has 0 N–H and O–H groups in total. The average Bonchev–Trinajstić information content (AvgIpc) is 2.83. The first-order chi connectivity index (χ1) is 16.0. The minimum absolute atomic E-state index is 0.0531. The van der Waals surface area contributed by atoms with E-state index in [1.807, 2.05) is 6.92 Å². The van der Waals surface area contributed by atoms with Gasteiger partial charge in [-0.2, -0.15) is 0 Å². The number of esters is 1. The Hall–Kier alpha value is -1.65. The summed E-state index contributed by atoms with van der Waals surface area (Å²) in [5, 5.41) is 0. The van der Waals surface area contributed by atoms with Crippen LogP contribution in [0.3, 0.4) is 0 Å². The van der Waals surface area contributed by atoms with Crippen LogP contribution in [0.2, 0.25) is 0 Å². The highest BCUT2D eigenvalue weighted by Crippen LogP contribution is 2.47. The van der Waals surface area contributed by atoms with Gasteiger partial charge < -0.3 is 9.47 Å². The van der Waals surface area contributed by atoms with Crippen LogP contribution in [0.5, 0.6) is 0 Å². The molecule has 0 spiro atoms. The summed E-state index contributed by atoms with van der Waals surface area (Å²) in [6.45, 7) is 9.70. The normalized spacial score (nSPS) is 34.2. The molecule has 3 atom stereocenters. The number of hydrogen-bond donors (Lipinski definition) is 0. The molecular formula is C28H45FO4. The zero-order valence-electron chi connectivity index (χ0n) is 20.6. The Labute approximate surface area is 200 Å². The highest BCUT2D eigenvalue weighted by atomic mass is 19.1. The Balaban J connectivity index is 0.00000122. The molecule has 0 heterocycles. The zero-order chi connectivity index (χ0) is 24.1. The van der Waals surface area contributed by atoms with Crippen molar-refractivity contribution < 1.29 is 23.5 Å². The number of allylic oxidation sites excluding steroid dienone is 1. The molecule has 3 fully saturated rings. The fourth-order valence-corrected chi connectivity index (χ4v) is 6.41. The lowest BCUT2D eigenvalue weighted by Gasteiger charge is -2.42. The lowest BCUT2D eigenvalue weighted by atomic mass is 9.64. The molecule has 3 saturated carbocycles. The van der Waals surface area contributed by atoms with Crippen molar-refractivity contribution in [2.75, 3.05) is 6.61 Å². The van der Waals surface area contributed by atoms with Crippen LogP contribution in [0.15, 0.2) is 25.3 Å². The van der Waals surface area contributed by atoms with Crippen molar-refractivity contribution in [1.29, 1.82) is 0 Å². The van der Waals surface area contributed by atoms with Crippen molar-refractivity contribution in [3.8, 4) is 0 Å². The molecular weight excluding hydrogens is 419 g/mol. The van der Waals surface area contributed by atoms with E-state index in [4.69, 9.17) is 9.47 Å². The first-order valence-corrected chi connectivity index (χ1v) is 13.1. The number of rotatable bonds is 9. The van der Waals surface area contributed by atoms with E-state index in [-0.39, 0.29) is 18.0 Å². The van der Waals surface area contributed by atoms with Gasteiger partial charge >= 0.3 is 5.97 Å². The van der Waals surface area contributed by atoms with Crippen molar-refractivity contribution >= 4 is 12.4 Å². The smallest absolute Gasteiger partial charge is 0.330 e. The number of carbonyl (C=O) groups excluding carboxylic acids is 2. The molecule has 4 nitrogen and oxygen atoms in total. The van der Waals surface area contributed by atoms with E-state index in [1.54, 1.807) is 6.08 Å². The molecule has 0 bridgehead atoms. The molecule has 0 aromatic carbocycles. The molecule has 188 valence electrons. The molecule has 5 heteroatoms. The van der Waals surface area contributed by atoms with Gasteiger partial charge in [0.15, 0.2) is 0 Å². The Kier molecular flexibility index (Phi) is 12.8. The first kappa shape index (κ1) is 27.6. The van der Waals surface area contributed by atoms with E-state index in [0.29, 0.717) is 30.8 Å². The van der Waals surface area contributed by atoms with Gasteiger partial charge in [0.2, 0.25) is 0 Å². The van der Waals surface area contributed by atoms with Crippen LogP contribution in [0.4, 0.5) is 4.39 Å². The van der Waals surface area contributed by atoms with Crippen molar-refractivity contribution in [3.63, 3.8) is 0 Å². The average molecular weight is 465 g/mol. The molecule has 0 radical (unpaired) electrons. The summed E-state index contributed by atoms with van der Waals surface area (Å²) in [5.74, 6) is 2.32. The molecule has 0 aromatic rings. The van der Waals surface area contributed by atoms with Crippen molar-refractivity contribution in [1.82, 2.24) is 0 Å². The molecule has 3 unspecified atom stereocenters. The highest BCUT2D eigenvalue weighted by Gasteiger charge is 2.40. The molecule has 0 aliphatic heterocycles. The summed E-state index contributed by atoms with van der Waals surface area (Å²) in [6, 6.07) is 0.